The number of nitrogens with zero attached hydrogens (tertiary/aromatic N) is 2. The van der Waals surface area contributed by atoms with Gasteiger partial charge in [0.25, 0.3) is 0 Å². The van der Waals surface area contributed by atoms with Crippen molar-refractivity contribution in [3.8, 4) is 0 Å². The molecule has 0 saturated heterocycles. The van der Waals surface area contributed by atoms with Gasteiger partial charge in [0.05, 0.1) is 12.4 Å². The molecule has 1 heterocycles. The maximum Gasteiger partial charge on any atom is 0.238 e. The first-order chi connectivity index (χ1) is 9.98. The summed E-state index contributed by atoms with van der Waals surface area (Å²) in [6.45, 7) is 0.497. The normalized spacial score (nSPS) is 11.5. The Kier molecular flexibility index (Phi) is 5.21. The highest BCUT2D eigenvalue weighted by atomic mass is 32.2. The van der Waals surface area contributed by atoms with Crippen molar-refractivity contribution >= 4 is 26.5 Å². The molecule has 2 rings (SSSR count). The van der Waals surface area contributed by atoms with Gasteiger partial charge >= 0.3 is 0 Å². The van der Waals surface area contributed by atoms with Crippen LogP contribution < -0.4 is 4.72 Å². The molecule has 1 aromatic heterocycles. The monoisotopic (exact) mass is 331 g/mol. The van der Waals surface area contributed by atoms with Gasteiger partial charge in [-0.25, -0.2) is 12.8 Å². The molecule has 9 heteroatoms. The molecule has 0 radical (unpaired) electrons. The van der Waals surface area contributed by atoms with Crippen LogP contribution in [-0.2, 0) is 26.9 Å². The molecule has 2 aromatic rings. The number of anilines is 1. The Bertz CT molecular complexity index is 686. The summed E-state index contributed by atoms with van der Waals surface area (Å²) in [6.07, 6.45) is 0.577. The van der Waals surface area contributed by atoms with Gasteiger partial charge in [-0.15, -0.1) is 10.2 Å². The van der Waals surface area contributed by atoms with Crippen molar-refractivity contribution in [2.45, 2.75) is 12.2 Å². The fourth-order valence-electron chi connectivity index (χ4n) is 1.55. The minimum Gasteiger partial charge on any atom is -0.384 e. The van der Waals surface area contributed by atoms with E-state index in [4.69, 9.17) is 4.74 Å². The first-order valence-electron chi connectivity index (χ1n) is 6.05. The molecule has 0 atom stereocenters. The Hall–Kier alpha value is -1.58. The summed E-state index contributed by atoms with van der Waals surface area (Å²) in [5, 5.41) is 8.54. The number of methoxy groups -OCH3 is 1. The van der Waals surface area contributed by atoms with Crippen molar-refractivity contribution < 1.29 is 17.5 Å². The molecule has 0 saturated carbocycles. The number of sulfonamides is 1. The lowest BCUT2D eigenvalue weighted by atomic mass is 10.2. The van der Waals surface area contributed by atoms with Crippen LogP contribution in [0, 0.1) is 5.82 Å². The number of hydrogen-bond acceptors (Lipinski definition) is 6. The van der Waals surface area contributed by atoms with E-state index in [-0.39, 0.29) is 10.9 Å². The maximum atomic E-state index is 12.8. The molecule has 0 spiro atoms. The van der Waals surface area contributed by atoms with E-state index in [1.165, 1.54) is 24.3 Å². The molecule has 0 unspecified atom stereocenters. The van der Waals surface area contributed by atoms with Crippen molar-refractivity contribution in [3.63, 3.8) is 0 Å². The van der Waals surface area contributed by atoms with Crippen LogP contribution >= 0.6 is 11.3 Å². The molecule has 21 heavy (non-hydrogen) atoms. The summed E-state index contributed by atoms with van der Waals surface area (Å²) in [6, 6.07) is 5.30. The second kappa shape index (κ2) is 6.92. The van der Waals surface area contributed by atoms with Crippen LogP contribution in [0.15, 0.2) is 24.3 Å². The van der Waals surface area contributed by atoms with Crippen LogP contribution in [0.3, 0.4) is 0 Å². The SMILES string of the molecule is COCCc1nnc(NS(=O)(=O)Cc2ccc(F)cc2)s1. The third kappa shape index (κ3) is 5.03. The Morgan fingerprint density at radius 1 is 1.29 bits per heavy atom. The Morgan fingerprint density at radius 2 is 2.00 bits per heavy atom. The molecule has 1 N–H and O–H groups in total. The fourth-order valence-corrected chi connectivity index (χ4v) is 3.68. The van der Waals surface area contributed by atoms with E-state index in [1.54, 1.807) is 7.11 Å². The van der Waals surface area contributed by atoms with Crippen LogP contribution in [0.5, 0.6) is 0 Å². The van der Waals surface area contributed by atoms with E-state index >= 15 is 0 Å². The van der Waals surface area contributed by atoms with Crippen LogP contribution in [0.2, 0.25) is 0 Å². The first-order valence-corrected chi connectivity index (χ1v) is 8.51. The van der Waals surface area contributed by atoms with E-state index < -0.39 is 15.8 Å². The van der Waals surface area contributed by atoms with Gasteiger partial charge in [-0.3, -0.25) is 4.72 Å². The van der Waals surface area contributed by atoms with E-state index in [1.807, 2.05) is 0 Å². The third-order valence-corrected chi connectivity index (χ3v) is 4.75. The van der Waals surface area contributed by atoms with Crippen molar-refractivity contribution in [2.24, 2.45) is 0 Å². The smallest absolute Gasteiger partial charge is 0.238 e. The second-order valence-electron chi connectivity index (χ2n) is 4.23. The van der Waals surface area contributed by atoms with Gasteiger partial charge in [-0.05, 0) is 17.7 Å². The average Bonchev–Trinajstić information content (AvgIpc) is 2.85. The summed E-state index contributed by atoms with van der Waals surface area (Å²) < 4.78 is 44.0. The number of aromatic nitrogens is 2. The highest BCUT2D eigenvalue weighted by molar-refractivity contribution is 7.92. The summed E-state index contributed by atoms with van der Waals surface area (Å²) in [4.78, 5) is 0. The minimum absolute atomic E-state index is 0.211. The molecule has 0 fully saturated rings. The minimum atomic E-state index is -3.60. The third-order valence-electron chi connectivity index (χ3n) is 2.50. The lowest BCUT2D eigenvalue weighted by Crippen LogP contribution is -2.14. The van der Waals surface area contributed by atoms with Crippen LogP contribution in [0.1, 0.15) is 10.6 Å². The van der Waals surface area contributed by atoms with Gasteiger partial charge in [0, 0.05) is 13.5 Å². The predicted molar refractivity (Wildman–Crippen MR) is 78.1 cm³/mol. The van der Waals surface area contributed by atoms with Crippen molar-refractivity contribution in [3.05, 3.63) is 40.7 Å². The first kappa shape index (κ1) is 15.8. The molecular weight excluding hydrogens is 317 g/mol. The predicted octanol–water partition coefficient (Wildman–Crippen LogP) is 1.81. The van der Waals surface area contributed by atoms with Crippen molar-refractivity contribution in [1.29, 1.82) is 0 Å². The summed E-state index contributed by atoms with van der Waals surface area (Å²) >= 11 is 1.16. The quantitative estimate of drug-likeness (QED) is 0.837. The zero-order valence-corrected chi connectivity index (χ0v) is 12.9. The van der Waals surface area contributed by atoms with Gasteiger partial charge in [0.1, 0.15) is 10.8 Å². The molecule has 0 amide bonds. The Balaban J connectivity index is 2.00. The van der Waals surface area contributed by atoms with E-state index in [2.05, 4.69) is 14.9 Å². The molecular formula is C12H14FN3O3S2. The van der Waals surface area contributed by atoms with Gasteiger partial charge in [-0.1, -0.05) is 23.5 Å². The molecule has 0 bridgehead atoms. The van der Waals surface area contributed by atoms with E-state index in [0.29, 0.717) is 23.6 Å². The fraction of sp³-hybridized carbons (Fsp3) is 0.333. The molecule has 6 nitrogen and oxygen atoms in total. The van der Waals surface area contributed by atoms with Crippen molar-refractivity contribution in [1.82, 2.24) is 10.2 Å². The lowest BCUT2D eigenvalue weighted by molar-refractivity contribution is 0.202. The number of ether oxygens (including phenoxy) is 1. The molecule has 0 aliphatic heterocycles. The van der Waals surface area contributed by atoms with E-state index in [0.717, 1.165) is 11.3 Å². The number of hydrogen-bond donors (Lipinski definition) is 1. The van der Waals surface area contributed by atoms with Gasteiger partial charge in [0.2, 0.25) is 15.2 Å². The topological polar surface area (TPSA) is 81.2 Å². The zero-order chi connectivity index (χ0) is 15.3. The summed E-state index contributed by atoms with van der Waals surface area (Å²) in [5.41, 5.74) is 0.494. The number of halogens is 1. The number of nitrogens with one attached hydrogen (secondary N) is 1. The standard InChI is InChI=1S/C12H14FN3O3S2/c1-19-7-6-11-14-15-12(20-11)16-21(17,18)8-9-2-4-10(13)5-3-9/h2-5H,6-8H2,1H3,(H,15,16). The summed E-state index contributed by atoms with van der Waals surface area (Å²) in [7, 11) is -2.03. The van der Waals surface area contributed by atoms with Gasteiger partial charge < -0.3 is 4.74 Å². The van der Waals surface area contributed by atoms with Crippen LogP contribution in [-0.4, -0.2) is 32.3 Å². The number of benzene rings is 1. The van der Waals surface area contributed by atoms with Crippen molar-refractivity contribution in [2.75, 3.05) is 18.4 Å². The maximum absolute atomic E-state index is 12.8. The largest absolute Gasteiger partial charge is 0.384 e. The van der Waals surface area contributed by atoms with Gasteiger partial charge in [0.15, 0.2) is 0 Å². The van der Waals surface area contributed by atoms with Crippen LogP contribution in [0.4, 0.5) is 9.52 Å². The molecule has 1 aromatic carbocycles. The van der Waals surface area contributed by atoms with Crippen LogP contribution in [0.25, 0.3) is 0 Å². The van der Waals surface area contributed by atoms with E-state index in [9.17, 15) is 12.8 Å². The summed E-state index contributed by atoms with van der Waals surface area (Å²) in [5.74, 6) is -0.656. The highest BCUT2D eigenvalue weighted by Gasteiger charge is 2.15. The Labute approximate surface area is 126 Å². The second-order valence-corrected chi connectivity index (χ2v) is 7.02. The highest BCUT2D eigenvalue weighted by Crippen LogP contribution is 2.18. The molecule has 0 aliphatic rings. The molecule has 0 aliphatic carbocycles. The number of rotatable bonds is 7. The van der Waals surface area contributed by atoms with Gasteiger partial charge in [-0.2, -0.15) is 0 Å². The lowest BCUT2D eigenvalue weighted by Gasteiger charge is -2.04. The molecule has 114 valence electrons. The zero-order valence-electron chi connectivity index (χ0n) is 11.2. The average molecular weight is 331 g/mol. The Morgan fingerprint density at radius 3 is 2.67 bits per heavy atom.